The summed E-state index contributed by atoms with van der Waals surface area (Å²) in [5.74, 6) is -0.311. The van der Waals surface area contributed by atoms with Crippen molar-refractivity contribution in [3.8, 4) is 11.5 Å². The largest absolute Gasteiger partial charge is 0.497 e. The van der Waals surface area contributed by atoms with Gasteiger partial charge < -0.3 is 39.0 Å². The predicted molar refractivity (Wildman–Crippen MR) is 148 cm³/mol. The Morgan fingerprint density at radius 2 is 1.74 bits per heavy atom. The van der Waals surface area contributed by atoms with Crippen LogP contribution in [0.15, 0.2) is 54.6 Å². The van der Waals surface area contributed by atoms with E-state index >= 15 is 0 Å². The van der Waals surface area contributed by atoms with E-state index in [1.165, 1.54) is 25.8 Å². The highest BCUT2D eigenvalue weighted by molar-refractivity contribution is 7.51. The second kappa shape index (κ2) is 14.4. The number of benzene rings is 2. The lowest BCUT2D eigenvalue weighted by molar-refractivity contribution is -0.272. The molecule has 7 atom stereocenters. The smallest absolute Gasteiger partial charge is 0.462 e. The molecule has 2 saturated heterocycles. The first-order valence-electron chi connectivity index (χ1n) is 13.5. The van der Waals surface area contributed by atoms with E-state index in [1.807, 2.05) is 30.3 Å². The molecule has 0 aliphatic carbocycles. The highest BCUT2D eigenvalue weighted by atomic mass is 31.2. The quantitative estimate of drug-likeness (QED) is 0.238. The first kappa shape index (κ1) is 31.9. The molecular formula is C28H37N2O11P. The van der Waals surface area contributed by atoms with E-state index in [1.54, 1.807) is 24.3 Å². The lowest BCUT2D eigenvalue weighted by Gasteiger charge is -2.43. The molecule has 230 valence electrons. The number of aliphatic hydroxyl groups excluding tert-OH is 2. The van der Waals surface area contributed by atoms with E-state index in [0.29, 0.717) is 18.6 Å². The molecule has 14 heteroatoms. The molecule has 0 saturated carbocycles. The highest BCUT2D eigenvalue weighted by Crippen LogP contribution is 2.55. The molecule has 13 nitrogen and oxygen atoms in total. The van der Waals surface area contributed by atoms with Crippen molar-refractivity contribution in [1.82, 2.24) is 9.99 Å². The van der Waals surface area contributed by atoms with E-state index < -0.39 is 62.9 Å². The summed E-state index contributed by atoms with van der Waals surface area (Å²) in [5, 5.41) is 24.4. The molecule has 42 heavy (non-hydrogen) atoms. The normalized spacial score (nSPS) is 27.5. The lowest BCUT2D eigenvalue weighted by atomic mass is 9.97. The first-order chi connectivity index (χ1) is 20.1. The fourth-order valence-electron chi connectivity index (χ4n) is 4.86. The third kappa shape index (κ3) is 7.67. The van der Waals surface area contributed by atoms with Crippen LogP contribution in [-0.2, 0) is 39.5 Å². The number of aliphatic hydroxyl groups is 2. The van der Waals surface area contributed by atoms with Gasteiger partial charge in [0.25, 0.3) is 0 Å². The number of hydrogen-bond acceptors (Lipinski definition) is 11. The Balaban J connectivity index is 1.55. The minimum atomic E-state index is -4.26. The van der Waals surface area contributed by atoms with Crippen LogP contribution in [0.4, 0.5) is 0 Å². The number of carbonyl (C=O) groups is 2. The van der Waals surface area contributed by atoms with Crippen LogP contribution >= 0.6 is 7.75 Å². The van der Waals surface area contributed by atoms with Gasteiger partial charge in [-0.25, -0.2) is 4.57 Å². The van der Waals surface area contributed by atoms with Crippen LogP contribution in [0.3, 0.4) is 0 Å². The molecule has 2 aliphatic heterocycles. The topological polar surface area (TPSA) is 162 Å². The number of esters is 1. The van der Waals surface area contributed by atoms with Gasteiger partial charge in [0, 0.05) is 13.5 Å². The van der Waals surface area contributed by atoms with Gasteiger partial charge in [-0.3, -0.25) is 14.1 Å². The van der Waals surface area contributed by atoms with Crippen molar-refractivity contribution >= 4 is 19.6 Å². The summed E-state index contributed by atoms with van der Waals surface area (Å²) in [6, 6.07) is 13.5. The number of hydrogen-bond donors (Lipinski definition) is 3. The molecule has 3 N–H and O–H groups in total. The Kier molecular flexibility index (Phi) is 11.0. The van der Waals surface area contributed by atoms with Crippen LogP contribution in [-0.4, -0.2) is 90.8 Å². The fraction of sp³-hybridized carbons (Fsp3) is 0.500. The number of ether oxygens (including phenoxy) is 4. The molecule has 2 fully saturated rings. The first-order valence-corrected chi connectivity index (χ1v) is 15.0. The van der Waals surface area contributed by atoms with Crippen LogP contribution in [0.5, 0.6) is 11.5 Å². The van der Waals surface area contributed by atoms with Gasteiger partial charge in [0.2, 0.25) is 5.91 Å². The third-order valence-corrected chi connectivity index (χ3v) is 9.05. The second-order valence-corrected chi connectivity index (χ2v) is 11.8. The van der Waals surface area contributed by atoms with Gasteiger partial charge in [0.05, 0.1) is 27.4 Å². The zero-order valence-corrected chi connectivity index (χ0v) is 24.6. The summed E-state index contributed by atoms with van der Waals surface area (Å²) >= 11 is 0. The maximum absolute atomic E-state index is 14.4. The van der Waals surface area contributed by atoms with E-state index in [2.05, 4.69) is 5.32 Å². The van der Waals surface area contributed by atoms with Gasteiger partial charge in [-0.05, 0) is 42.7 Å². The molecule has 4 unspecified atom stereocenters. The number of nitrogens with zero attached hydrogens (tertiary/aromatic N) is 1. The predicted octanol–water partition coefficient (Wildman–Crippen LogP) is 2.00. The standard InChI is InChI=1S/C28H37N2O11P/c1-18(31)29-24-26(33)25(32)23(40-28(24)38-16-19-8-5-4-6-9-19)17-39-42(35,30-15-7-10-22(30)27(34)37-3)41-21-13-11-20(36-2)12-14-21/h4-6,8-9,11-14,22-26,28,32-33H,7,10,15-17H2,1-3H3,(H,29,31)/t22-,23?,24?,25+,26?,28-,42?/m0/s1. The zero-order chi connectivity index (χ0) is 30.3. The Morgan fingerprint density at radius 3 is 2.38 bits per heavy atom. The monoisotopic (exact) mass is 608 g/mol. The van der Waals surface area contributed by atoms with Gasteiger partial charge in [-0.1, -0.05) is 30.3 Å². The Labute approximate surface area is 244 Å². The minimum Gasteiger partial charge on any atom is -0.497 e. The molecular weight excluding hydrogens is 571 g/mol. The second-order valence-electron chi connectivity index (χ2n) is 9.92. The average molecular weight is 609 g/mol. The van der Waals surface area contributed by atoms with Crippen LogP contribution in [0, 0.1) is 0 Å². The molecule has 4 rings (SSSR count). The highest BCUT2D eigenvalue weighted by Gasteiger charge is 2.50. The van der Waals surface area contributed by atoms with Gasteiger partial charge in [0.1, 0.15) is 41.9 Å². The van der Waals surface area contributed by atoms with Gasteiger partial charge in [0.15, 0.2) is 6.29 Å². The van der Waals surface area contributed by atoms with Crippen LogP contribution < -0.4 is 14.6 Å². The van der Waals surface area contributed by atoms with Crippen LogP contribution in [0.25, 0.3) is 0 Å². The van der Waals surface area contributed by atoms with Crippen molar-refractivity contribution in [3.63, 3.8) is 0 Å². The average Bonchev–Trinajstić information content (AvgIpc) is 3.50. The van der Waals surface area contributed by atoms with E-state index in [0.717, 1.165) is 5.56 Å². The Hall–Kier alpha value is -3.03. The summed E-state index contributed by atoms with van der Waals surface area (Å²) in [7, 11) is -1.52. The van der Waals surface area contributed by atoms with Crippen molar-refractivity contribution in [3.05, 3.63) is 60.2 Å². The Bertz CT molecular complexity index is 1230. The maximum atomic E-state index is 14.4. The molecule has 2 heterocycles. The number of nitrogens with one attached hydrogen (secondary N) is 1. The number of amides is 1. The minimum absolute atomic E-state index is 0.0889. The van der Waals surface area contributed by atoms with E-state index in [-0.39, 0.29) is 18.9 Å². The van der Waals surface area contributed by atoms with Crippen molar-refractivity contribution in [2.75, 3.05) is 27.4 Å². The van der Waals surface area contributed by atoms with Crippen molar-refractivity contribution in [2.24, 2.45) is 0 Å². The molecule has 2 aromatic carbocycles. The van der Waals surface area contributed by atoms with Crippen molar-refractivity contribution in [1.29, 1.82) is 0 Å². The molecule has 0 radical (unpaired) electrons. The molecule has 2 aromatic rings. The van der Waals surface area contributed by atoms with Crippen molar-refractivity contribution < 1.29 is 52.4 Å². The zero-order valence-electron chi connectivity index (χ0n) is 23.7. The van der Waals surface area contributed by atoms with Crippen LogP contribution in [0.2, 0.25) is 0 Å². The van der Waals surface area contributed by atoms with Gasteiger partial charge in [-0.2, -0.15) is 4.67 Å². The Morgan fingerprint density at radius 1 is 1.05 bits per heavy atom. The summed E-state index contributed by atoms with van der Waals surface area (Å²) in [4.78, 5) is 24.4. The molecule has 0 aromatic heterocycles. The van der Waals surface area contributed by atoms with Crippen molar-refractivity contribution in [2.45, 2.75) is 63.1 Å². The summed E-state index contributed by atoms with van der Waals surface area (Å²) in [6.45, 7) is 1.07. The molecule has 0 spiro atoms. The maximum Gasteiger partial charge on any atom is 0.462 e. The van der Waals surface area contributed by atoms with Gasteiger partial charge >= 0.3 is 13.7 Å². The van der Waals surface area contributed by atoms with Gasteiger partial charge in [-0.15, -0.1) is 0 Å². The number of methoxy groups -OCH3 is 2. The molecule has 2 aliphatic rings. The van der Waals surface area contributed by atoms with E-state index in [4.69, 9.17) is 28.0 Å². The SMILES string of the molecule is COC(=O)[C@@H]1CCCN1P(=O)(OCC1O[C@H](OCc2ccccc2)C(NC(C)=O)C(O)[C@@H]1O)Oc1ccc(OC)cc1. The number of carbonyl (C=O) groups excluding carboxylic acids is 2. The third-order valence-electron chi connectivity index (χ3n) is 7.02. The molecule has 0 bridgehead atoms. The van der Waals surface area contributed by atoms with Crippen LogP contribution in [0.1, 0.15) is 25.3 Å². The molecule has 1 amide bonds. The lowest BCUT2D eigenvalue weighted by Crippen LogP contribution is -2.64. The summed E-state index contributed by atoms with van der Waals surface area (Å²) in [6.07, 6.45) is -4.57. The summed E-state index contributed by atoms with van der Waals surface area (Å²) in [5.41, 5.74) is 0.816. The summed E-state index contributed by atoms with van der Waals surface area (Å²) < 4.78 is 49.4. The fourth-order valence-corrected chi connectivity index (χ4v) is 6.83. The number of rotatable bonds is 12. The van der Waals surface area contributed by atoms with E-state index in [9.17, 15) is 24.4 Å².